The number of aliphatic hydroxyl groups is 1. The lowest BCUT2D eigenvalue weighted by Crippen LogP contribution is -2.10. The van der Waals surface area contributed by atoms with E-state index in [0.717, 1.165) is 0 Å². The average molecular weight is 280 g/mol. The van der Waals surface area contributed by atoms with Crippen LogP contribution in [0.2, 0.25) is 0 Å². The maximum Gasteiger partial charge on any atom is 0.128 e. The molecule has 0 unspecified atom stereocenters. The zero-order valence-electron chi connectivity index (χ0n) is 12.0. The van der Waals surface area contributed by atoms with Crippen LogP contribution in [0.4, 0.5) is 4.39 Å². The molecule has 110 valence electrons. The SMILES string of the molecule is CC(C)COCCOc1cc(F)cc(C#CCCO)c1. The van der Waals surface area contributed by atoms with Gasteiger partial charge in [0.25, 0.3) is 0 Å². The van der Waals surface area contributed by atoms with E-state index in [-0.39, 0.29) is 12.4 Å². The molecule has 0 aliphatic carbocycles. The highest BCUT2D eigenvalue weighted by Gasteiger charge is 2.01. The molecule has 0 aliphatic heterocycles. The van der Waals surface area contributed by atoms with Gasteiger partial charge in [-0.15, -0.1) is 0 Å². The van der Waals surface area contributed by atoms with E-state index < -0.39 is 0 Å². The highest BCUT2D eigenvalue weighted by molar-refractivity contribution is 5.40. The molecule has 1 N–H and O–H groups in total. The smallest absolute Gasteiger partial charge is 0.128 e. The highest BCUT2D eigenvalue weighted by Crippen LogP contribution is 2.15. The fourth-order valence-electron chi connectivity index (χ4n) is 1.48. The van der Waals surface area contributed by atoms with Crippen molar-refractivity contribution < 1.29 is 19.0 Å². The van der Waals surface area contributed by atoms with E-state index in [1.807, 2.05) is 0 Å². The Labute approximate surface area is 119 Å². The van der Waals surface area contributed by atoms with E-state index in [0.29, 0.717) is 43.5 Å². The summed E-state index contributed by atoms with van der Waals surface area (Å²) in [5, 5.41) is 8.64. The molecule has 1 aromatic carbocycles. The molecule has 1 aromatic rings. The third kappa shape index (κ3) is 7.13. The third-order valence-electron chi connectivity index (χ3n) is 2.29. The average Bonchev–Trinajstić information content (AvgIpc) is 2.38. The normalized spacial score (nSPS) is 10.2. The minimum absolute atomic E-state index is 0.00113. The molecule has 0 amide bonds. The van der Waals surface area contributed by atoms with Gasteiger partial charge in [0, 0.05) is 24.7 Å². The Morgan fingerprint density at radius 1 is 1.25 bits per heavy atom. The van der Waals surface area contributed by atoms with Crippen LogP contribution in [0.25, 0.3) is 0 Å². The van der Waals surface area contributed by atoms with Gasteiger partial charge in [0.05, 0.1) is 13.2 Å². The van der Waals surface area contributed by atoms with Crippen LogP contribution in [-0.2, 0) is 4.74 Å². The van der Waals surface area contributed by atoms with E-state index in [1.54, 1.807) is 6.07 Å². The van der Waals surface area contributed by atoms with Crippen molar-refractivity contribution in [1.29, 1.82) is 0 Å². The summed E-state index contributed by atoms with van der Waals surface area (Å²) in [5.74, 6) is 6.06. The van der Waals surface area contributed by atoms with Gasteiger partial charge >= 0.3 is 0 Å². The highest BCUT2D eigenvalue weighted by atomic mass is 19.1. The molecule has 0 saturated heterocycles. The van der Waals surface area contributed by atoms with Gasteiger partial charge in [-0.25, -0.2) is 4.39 Å². The molecule has 0 fully saturated rings. The van der Waals surface area contributed by atoms with E-state index in [9.17, 15) is 4.39 Å². The predicted octanol–water partition coefficient (Wildman–Crippen LogP) is 2.61. The van der Waals surface area contributed by atoms with Crippen LogP contribution in [0, 0.1) is 23.6 Å². The first-order valence-corrected chi connectivity index (χ1v) is 6.72. The molecule has 0 aliphatic rings. The van der Waals surface area contributed by atoms with Gasteiger partial charge in [0.2, 0.25) is 0 Å². The Hall–Kier alpha value is -1.57. The second-order valence-corrected chi connectivity index (χ2v) is 4.77. The summed E-state index contributed by atoms with van der Waals surface area (Å²) in [6.07, 6.45) is 0.371. The molecule has 3 nitrogen and oxygen atoms in total. The number of benzene rings is 1. The Bertz CT molecular complexity index is 461. The zero-order chi connectivity index (χ0) is 14.8. The first-order valence-electron chi connectivity index (χ1n) is 6.72. The number of hydrogen-bond donors (Lipinski definition) is 1. The van der Waals surface area contributed by atoms with Crippen molar-refractivity contribution in [2.24, 2.45) is 5.92 Å². The Balaban J connectivity index is 2.47. The van der Waals surface area contributed by atoms with Crippen LogP contribution in [-0.4, -0.2) is 31.5 Å². The van der Waals surface area contributed by atoms with Gasteiger partial charge in [-0.3, -0.25) is 0 Å². The molecular formula is C16H21FO3. The molecule has 0 atom stereocenters. The van der Waals surface area contributed by atoms with Crippen LogP contribution in [0.3, 0.4) is 0 Å². The van der Waals surface area contributed by atoms with E-state index in [1.165, 1.54) is 12.1 Å². The summed E-state index contributed by atoms with van der Waals surface area (Å²) in [7, 11) is 0. The van der Waals surface area contributed by atoms with Crippen LogP contribution in [0.5, 0.6) is 5.75 Å². The summed E-state index contributed by atoms with van der Waals surface area (Å²) in [6, 6.07) is 4.34. The van der Waals surface area contributed by atoms with Crippen molar-refractivity contribution in [2.45, 2.75) is 20.3 Å². The number of hydrogen-bond acceptors (Lipinski definition) is 3. The van der Waals surface area contributed by atoms with Gasteiger partial charge in [-0.05, 0) is 18.1 Å². The number of halogens is 1. The maximum atomic E-state index is 13.4. The lowest BCUT2D eigenvalue weighted by Gasteiger charge is -2.09. The fraction of sp³-hybridized carbons (Fsp3) is 0.500. The summed E-state index contributed by atoms with van der Waals surface area (Å²) in [5.41, 5.74) is 0.538. The minimum atomic E-state index is -0.390. The summed E-state index contributed by atoms with van der Waals surface area (Å²) >= 11 is 0. The van der Waals surface area contributed by atoms with Crippen LogP contribution >= 0.6 is 0 Å². The number of ether oxygens (including phenoxy) is 2. The minimum Gasteiger partial charge on any atom is -0.491 e. The van der Waals surface area contributed by atoms with Crippen molar-refractivity contribution in [3.63, 3.8) is 0 Å². The second-order valence-electron chi connectivity index (χ2n) is 4.77. The lowest BCUT2D eigenvalue weighted by molar-refractivity contribution is 0.0818. The van der Waals surface area contributed by atoms with Crippen molar-refractivity contribution >= 4 is 0 Å². The van der Waals surface area contributed by atoms with Gasteiger partial charge in [0.1, 0.15) is 18.2 Å². The third-order valence-corrected chi connectivity index (χ3v) is 2.29. The standard InChI is InChI=1S/C16H21FO3/c1-13(2)12-19-7-8-20-16-10-14(5-3-4-6-18)9-15(17)11-16/h9-11,13,18H,4,6-8,12H2,1-2H3. The van der Waals surface area contributed by atoms with Gasteiger partial charge < -0.3 is 14.6 Å². The molecule has 4 heteroatoms. The van der Waals surface area contributed by atoms with Crippen molar-refractivity contribution in [1.82, 2.24) is 0 Å². The number of rotatable bonds is 7. The monoisotopic (exact) mass is 280 g/mol. The van der Waals surface area contributed by atoms with Crippen LogP contribution < -0.4 is 4.74 Å². The molecule has 0 bridgehead atoms. The van der Waals surface area contributed by atoms with Crippen LogP contribution in [0.1, 0.15) is 25.8 Å². The molecule has 0 aromatic heterocycles. The topological polar surface area (TPSA) is 38.7 Å². The summed E-state index contributed by atoms with van der Waals surface area (Å²) < 4.78 is 24.2. The Morgan fingerprint density at radius 3 is 2.75 bits per heavy atom. The van der Waals surface area contributed by atoms with E-state index >= 15 is 0 Å². The van der Waals surface area contributed by atoms with E-state index in [2.05, 4.69) is 25.7 Å². The first kappa shape index (κ1) is 16.5. The molecule has 0 spiro atoms. The Kier molecular flexibility index (Phi) is 7.71. The maximum absolute atomic E-state index is 13.4. The summed E-state index contributed by atoms with van der Waals surface area (Å²) in [6.45, 7) is 5.68. The fourth-order valence-corrected chi connectivity index (χ4v) is 1.48. The molecular weight excluding hydrogens is 259 g/mol. The first-order chi connectivity index (χ1) is 9.61. The quantitative estimate of drug-likeness (QED) is 0.616. The van der Waals surface area contributed by atoms with Gasteiger partial charge in [-0.1, -0.05) is 25.7 Å². The predicted molar refractivity (Wildman–Crippen MR) is 76.1 cm³/mol. The van der Waals surface area contributed by atoms with Gasteiger partial charge in [-0.2, -0.15) is 0 Å². The van der Waals surface area contributed by atoms with Gasteiger partial charge in [0.15, 0.2) is 0 Å². The lowest BCUT2D eigenvalue weighted by atomic mass is 10.2. The Morgan fingerprint density at radius 2 is 2.05 bits per heavy atom. The molecule has 0 radical (unpaired) electrons. The molecule has 0 heterocycles. The van der Waals surface area contributed by atoms with Crippen molar-refractivity contribution in [3.05, 3.63) is 29.6 Å². The molecule has 1 rings (SSSR count). The molecule has 20 heavy (non-hydrogen) atoms. The van der Waals surface area contributed by atoms with Crippen LogP contribution in [0.15, 0.2) is 18.2 Å². The molecule has 0 saturated carbocycles. The van der Waals surface area contributed by atoms with E-state index in [4.69, 9.17) is 14.6 Å². The largest absolute Gasteiger partial charge is 0.491 e. The zero-order valence-corrected chi connectivity index (χ0v) is 12.0. The number of aliphatic hydroxyl groups excluding tert-OH is 1. The van der Waals surface area contributed by atoms with Crippen molar-refractivity contribution in [2.75, 3.05) is 26.4 Å². The van der Waals surface area contributed by atoms with Crippen molar-refractivity contribution in [3.8, 4) is 17.6 Å². The second kappa shape index (κ2) is 9.35. The summed E-state index contributed by atoms with van der Waals surface area (Å²) in [4.78, 5) is 0.